The van der Waals surface area contributed by atoms with Crippen LogP contribution >= 0.6 is 11.3 Å². The van der Waals surface area contributed by atoms with Gasteiger partial charge < -0.3 is 10.0 Å². The Bertz CT molecular complexity index is 517. The Morgan fingerprint density at radius 3 is 2.95 bits per heavy atom. The van der Waals surface area contributed by atoms with Crippen LogP contribution in [0, 0.1) is 5.41 Å². The number of anilines is 1. The third-order valence-corrected chi connectivity index (χ3v) is 4.51. The lowest BCUT2D eigenvalue weighted by atomic mass is 9.90. The fourth-order valence-corrected chi connectivity index (χ4v) is 3.11. The van der Waals surface area contributed by atoms with Crippen molar-refractivity contribution in [2.24, 2.45) is 5.41 Å². The van der Waals surface area contributed by atoms with E-state index >= 15 is 0 Å². The summed E-state index contributed by atoms with van der Waals surface area (Å²) in [5.41, 5.74) is -0.840. The van der Waals surface area contributed by atoms with Crippen LogP contribution in [0.3, 0.4) is 0 Å². The monoisotopic (exact) mass is 297 g/mol. The molecule has 6 nitrogen and oxygen atoms in total. The lowest BCUT2D eigenvalue weighted by Crippen LogP contribution is -2.37. The summed E-state index contributed by atoms with van der Waals surface area (Å²) in [5.74, 6) is -0.854. The van der Waals surface area contributed by atoms with Crippen LogP contribution in [0.4, 0.5) is 9.93 Å². The Balaban J connectivity index is 1.94. The van der Waals surface area contributed by atoms with Gasteiger partial charge in [0.25, 0.3) is 0 Å². The second-order valence-electron chi connectivity index (χ2n) is 5.35. The summed E-state index contributed by atoms with van der Waals surface area (Å²) < 4.78 is 0. The maximum atomic E-state index is 12.1. The molecule has 2 amide bonds. The highest BCUT2D eigenvalue weighted by molar-refractivity contribution is 7.15. The molecule has 1 unspecified atom stereocenters. The zero-order chi connectivity index (χ0) is 14.8. The second kappa shape index (κ2) is 5.78. The van der Waals surface area contributed by atoms with Gasteiger partial charge in [-0.25, -0.2) is 9.78 Å². The molecule has 20 heavy (non-hydrogen) atoms. The zero-order valence-corrected chi connectivity index (χ0v) is 12.5. The number of aryl methyl sites for hydroxylation is 1. The number of carbonyl (C=O) groups excluding carboxylic acids is 1. The van der Waals surface area contributed by atoms with Gasteiger partial charge >= 0.3 is 12.0 Å². The molecule has 7 heteroatoms. The van der Waals surface area contributed by atoms with Gasteiger partial charge in [-0.05, 0) is 19.8 Å². The van der Waals surface area contributed by atoms with Crippen LogP contribution in [0.1, 0.15) is 31.6 Å². The number of urea groups is 1. The molecule has 110 valence electrons. The molecule has 0 spiro atoms. The van der Waals surface area contributed by atoms with Gasteiger partial charge in [-0.3, -0.25) is 10.1 Å². The van der Waals surface area contributed by atoms with Gasteiger partial charge in [-0.15, -0.1) is 11.3 Å². The number of aromatic nitrogens is 1. The van der Waals surface area contributed by atoms with Crippen molar-refractivity contribution in [3.63, 3.8) is 0 Å². The molecule has 1 fully saturated rings. The largest absolute Gasteiger partial charge is 0.481 e. The molecular formula is C13H19N3O3S. The molecule has 2 rings (SSSR count). The maximum Gasteiger partial charge on any atom is 0.323 e. The number of nitrogens with one attached hydrogen (secondary N) is 1. The summed E-state index contributed by atoms with van der Waals surface area (Å²) in [5, 5.41) is 12.5. The first kappa shape index (κ1) is 14.8. The van der Waals surface area contributed by atoms with Crippen LogP contribution < -0.4 is 5.32 Å². The van der Waals surface area contributed by atoms with Crippen molar-refractivity contribution in [3.8, 4) is 0 Å². The van der Waals surface area contributed by atoms with E-state index in [0.29, 0.717) is 18.1 Å². The second-order valence-corrected chi connectivity index (χ2v) is 6.46. The average Bonchev–Trinajstić information content (AvgIpc) is 2.98. The van der Waals surface area contributed by atoms with E-state index in [4.69, 9.17) is 5.11 Å². The number of aliphatic carboxylic acids is 1. The molecule has 0 bridgehead atoms. The number of amides is 2. The molecule has 2 N–H and O–H groups in total. The summed E-state index contributed by atoms with van der Waals surface area (Å²) in [4.78, 5) is 30.1. The number of carbonyl (C=O) groups is 2. The van der Waals surface area contributed by atoms with Crippen molar-refractivity contribution in [2.75, 3.05) is 18.4 Å². The zero-order valence-electron chi connectivity index (χ0n) is 11.7. The number of likely N-dealkylation sites (tertiary alicyclic amines) is 1. The quantitative estimate of drug-likeness (QED) is 0.894. The van der Waals surface area contributed by atoms with Crippen LogP contribution in [0.2, 0.25) is 0 Å². The number of nitrogens with zero attached hydrogens (tertiary/aromatic N) is 2. The number of carboxylic acid groups (broad SMARTS) is 1. The highest BCUT2D eigenvalue weighted by Gasteiger charge is 2.42. The molecule has 0 aliphatic carbocycles. The highest BCUT2D eigenvalue weighted by atomic mass is 32.1. The third-order valence-electron chi connectivity index (χ3n) is 3.54. The Morgan fingerprint density at radius 1 is 1.60 bits per heavy atom. The van der Waals surface area contributed by atoms with Gasteiger partial charge in [-0.1, -0.05) is 13.3 Å². The van der Waals surface area contributed by atoms with Gasteiger partial charge in [0.05, 0.1) is 5.41 Å². The molecule has 1 aromatic heterocycles. The molecule has 1 aromatic rings. The van der Waals surface area contributed by atoms with Gasteiger partial charge in [-0.2, -0.15) is 0 Å². The SMILES string of the molecule is CCCc1cnc(NC(=O)N2CCC(C)(C(=O)O)C2)s1. The van der Waals surface area contributed by atoms with E-state index < -0.39 is 11.4 Å². The highest BCUT2D eigenvalue weighted by Crippen LogP contribution is 2.30. The summed E-state index contributed by atoms with van der Waals surface area (Å²) in [6, 6.07) is -0.271. The minimum atomic E-state index is -0.854. The number of thiazole rings is 1. The summed E-state index contributed by atoms with van der Waals surface area (Å²) in [6.45, 7) is 4.46. The lowest BCUT2D eigenvalue weighted by Gasteiger charge is -2.19. The fourth-order valence-electron chi connectivity index (χ4n) is 2.21. The van der Waals surface area contributed by atoms with Crippen LogP contribution in [-0.2, 0) is 11.2 Å². The number of rotatable bonds is 4. The minimum absolute atomic E-state index is 0.237. The van der Waals surface area contributed by atoms with Crippen molar-refractivity contribution in [2.45, 2.75) is 33.1 Å². The van der Waals surface area contributed by atoms with Crippen LogP contribution in [0.25, 0.3) is 0 Å². The lowest BCUT2D eigenvalue weighted by molar-refractivity contribution is -0.146. The first-order valence-corrected chi connectivity index (χ1v) is 7.50. The topological polar surface area (TPSA) is 82.5 Å². The van der Waals surface area contributed by atoms with Crippen LogP contribution in [-0.4, -0.2) is 40.1 Å². The maximum absolute atomic E-state index is 12.1. The summed E-state index contributed by atoms with van der Waals surface area (Å²) in [7, 11) is 0. The molecule has 2 heterocycles. The Labute approximate surface area is 121 Å². The van der Waals surface area contributed by atoms with Gasteiger partial charge in [0.1, 0.15) is 0 Å². The standard InChI is InChI=1S/C13H19N3O3S/c1-3-4-9-7-14-11(20-9)15-12(19)16-6-5-13(2,8-16)10(17)18/h7H,3-6,8H2,1-2H3,(H,17,18)(H,14,15,19). The Morgan fingerprint density at radius 2 is 2.35 bits per heavy atom. The van der Waals surface area contributed by atoms with E-state index in [0.717, 1.165) is 17.7 Å². The van der Waals surface area contributed by atoms with E-state index in [2.05, 4.69) is 17.2 Å². The smallest absolute Gasteiger partial charge is 0.323 e. The molecule has 1 aliphatic heterocycles. The van der Waals surface area contributed by atoms with E-state index in [9.17, 15) is 9.59 Å². The number of hydrogen-bond acceptors (Lipinski definition) is 4. The van der Waals surface area contributed by atoms with Crippen molar-refractivity contribution < 1.29 is 14.7 Å². The number of carboxylic acids is 1. The predicted molar refractivity (Wildman–Crippen MR) is 77.1 cm³/mol. The molecule has 1 atom stereocenters. The minimum Gasteiger partial charge on any atom is -0.481 e. The first-order chi connectivity index (χ1) is 9.44. The van der Waals surface area contributed by atoms with Gasteiger partial charge in [0, 0.05) is 24.2 Å². The number of hydrogen-bond donors (Lipinski definition) is 2. The Hall–Kier alpha value is -1.63. The van der Waals surface area contributed by atoms with E-state index in [1.54, 1.807) is 13.1 Å². The molecule has 1 saturated heterocycles. The molecule has 0 radical (unpaired) electrons. The van der Waals surface area contributed by atoms with Crippen molar-refractivity contribution in [1.29, 1.82) is 0 Å². The van der Waals surface area contributed by atoms with Crippen molar-refractivity contribution in [1.82, 2.24) is 9.88 Å². The Kier molecular flexibility index (Phi) is 4.27. The molecular weight excluding hydrogens is 278 g/mol. The van der Waals surface area contributed by atoms with E-state index in [1.165, 1.54) is 16.2 Å². The summed E-state index contributed by atoms with van der Waals surface area (Å²) in [6.07, 6.45) is 4.25. The average molecular weight is 297 g/mol. The predicted octanol–water partition coefficient (Wildman–Crippen LogP) is 2.42. The van der Waals surface area contributed by atoms with Crippen LogP contribution in [0.5, 0.6) is 0 Å². The van der Waals surface area contributed by atoms with Crippen molar-refractivity contribution >= 4 is 28.5 Å². The molecule has 1 aliphatic rings. The first-order valence-electron chi connectivity index (χ1n) is 6.68. The molecule has 0 aromatic carbocycles. The van der Waals surface area contributed by atoms with E-state index in [-0.39, 0.29) is 12.6 Å². The fraction of sp³-hybridized carbons (Fsp3) is 0.615. The molecule has 0 saturated carbocycles. The van der Waals surface area contributed by atoms with Crippen LogP contribution in [0.15, 0.2) is 6.20 Å². The van der Waals surface area contributed by atoms with Gasteiger partial charge in [0.2, 0.25) is 0 Å². The summed E-state index contributed by atoms with van der Waals surface area (Å²) >= 11 is 1.46. The normalized spacial score (nSPS) is 22.0. The van der Waals surface area contributed by atoms with Crippen molar-refractivity contribution in [3.05, 3.63) is 11.1 Å². The van der Waals surface area contributed by atoms with Gasteiger partial charge in [0.15, 0.2) is 5.13 Å². The third kappa shape index (κ3) is 3.09. The van der Waals surface area contributed by atoms with E-state index in [1.807, 2.05) is 0 Å².